The summed E-state index contributed by atoms with van der Waals surface area (Å²) >= 11 is 12.7. The second-order valence-corrected chi connectivity index (χ2v) is 8.76. The zero-order chi connectivity index (χ0) is 22.0. The van der Waals surface area contributed by atoms with Gasteiger partial charge in [0, 0.05) is 56.9 Å². The monoisotopic (exact) mass is 461 g/mol. The maximum atomic E-state index is 12.7. The van der Waals surface area contributed by atoms with Crippen molar-refractivity contribution in [1.82, 2.24) is 20.1 Å². The molecule has 4 rings (SSSR count). The molecule has 3 heterocycles. The van der Waals surface area contributed by atoms with Crippen molar-refractivity contribution in [2.45, 2.75) is 19.3 Å². The van der Waals surface area contributed by atoms with E-state index in [1.54, 1.807) is 12.3 Å². The summed E-state index contributed by atoms with van der Waals surface area (Å²) in [6.45, 7) is 2.03. The maximum Gasteiger partial charge on any atom is 0.224 e. The van der Waals surface area contributed by atoms with Gasteiger partial charge in [-0.05, 0) is 36.5 Å². The first kappa shape index (κ1) is 21.9. The Hall–Kier alpha value is -2.35. The quantitative estimate of drug-likeness (QED) is 0.579. The second kappa shape index (κ2) is 9.42. The van der Waals surface area contributed by atoms with Gasteiger partial charge in [0.1, 0.15) is 5.82 Å². The first-order valence-corrected chi connectivity index (χ1v) is 11.1. The highest BCUT2D eigenvalue weighted by molar-refractivity contribution is 6.45. The number of piperidine rings is 1. The first-order chi connectivity index (χ1) is 15.0. The van der Waals surface area contributed by atoms with E-state index in [0.29, 0.717) is 40.9 Å². The van der Waals surface area contributed by atoms with E-state index in [9.17, 15) is 9.90 Å². The highest BCUT2D eigenvalue weighted by Crippen LogP contribution is 2.37. The summed E-state index contributed by atoms with van der Waals surface area (Å²) in [6, 6.07) is 5.64. The third-order valence-corrected chi connectivity index (χ3v) is 6.64. The van der Waals surface area contributed by atoms with Crippen LogP contribution in [0.3, 0.4) is 0 Å². The van der Waals surface area contributed by atoms with Crippen LogP contribution < -0.4 is 4.90 Å². The van der Waals surface area contributed by atoms with Crippen LogP contribution in [0.25, 0.3) is 22.0 Å². The zero-order valence-electron chi connectivity index (χ0n) is 17.3. The average Bonchev–Trinajstić information content (AvgIpc) is 3.34. The number of carbonyl (C=O) groups is 1. The summed E-state index contributed by atoms with van der Waals surface area (Å²) < 4.78 is 0. The molecule has 1 unspecified atom stereocenters. The lowest BCUT2D eigenvalue weighted by molar-refractivity contribution is -0.133. The minimum atomic E-state index is 0.0990. The van der Waals surface area contributed by atoms with Crippen molar-refractivity contribution >= 4 is 45.8 Å². The van der Waals surface area contributed by atoms with Gasteiger partial charge < -0.3 is 14.9 Å². The van der Waals surface area contributed by atoms with Gasteiger partial charge in [-0.15, -0.1) is 0 Å². The van der Waals surface area contributed by atoms with Gasteiger partial charge in [0.15, 0.2) is 0 Å². The fourth-order valence-electron chi connectivity index (χ4n) is 4.03. The Morgan fingerprint density at radius 2 is 2.23 bits per heavy atom. The molecule has 31 heavy (non-hydrogen) atoms. The van der Waals surface area contributed by atoms with Crippen LogP contribution in [0, 0.1) is 5.92 Å². The van der Waals surface area contributed by atoms with Crippen molar-refractivity contribution < 1.29 is 9.90 Å². The van der Waals surface area contributed by atoms with Gasteiger partial charge in [0.05, 0.1) is 21.8 Å². The number of likely N-dealkylation sites (tertiary alicyclic amines) is 1. The largest absolute Gasteiger partial charge is 0.396 e. The number of fused-ring (bicyclic) bond motifs is 1. The molecule has 1 fully saturated rings. The molecule has 9 heteroatoms. The molecule has 0 saturated carbocycles. The fraction of sp³-hybridized carbons (Fsp3) is 0.409. The SMILES string of the molecule is CN(CCC(=O)N1CCCC(CO)C1)c1cc(-c2cn[nH]c2)c2ccc(Cl)c(Cl)c2n1. The van der Waals surface area contributed by atoms with Gasteiger partial charge in [-0.25, -0.2) is 4.98 Å². The lowest BCUT2D eigenvalue weighted by Crippen LogP contribution is -2.42. The van der Waals surface area contributed by atoms with Crippen LogP contribution in [0.2, 0.25) is 10.0 Å². The van der Waals surface area contributed by atoms with E-state index < -0.39 is 0 Å². The number of aromatic nitrogens is 3. The molecule has 3 aromatic rings. The maximum absolute atomic E-state index is 12.7. The normalized spacial score (nSPS) is 16.6. The number of pyridine rings is 1. The molecular weight excluding hydrogens is 437 g/mol. The van der Waals surface area contributed by atoms with Crippen LogP contribution in [0.4, 0.5) is 5.82 Å². The fourth-order valence-corrected chi connectivity index (χ4v) is 4.39. The Balaban J connectivity index is 1.57. The number of rotatable bonds is 6. The first-order valence-electron chi connectivity index (χ1n) is 10.4. The molecule has 1 aromatic carbocycles. The molecule has 1 aliphatic heterocycles. The Kier molecular flexibility index (Phi) is 6.65. The molecular formula is C22H25Cl2N5O2. The number of halogens is 2. The molecule has 0 radical (unpaired) electrons. The van der Waals surface area contributed by atoms with Crippen LogP contribution in [0.5, 0.6) is 0 Å². The van der Waals surface area contributed by atoms with Gasteiger partial charge in [0.25, 0.3) is 0 Å². The van der Waals surface area contributed by atoms with E-state index in [0.717, 1.165) is 35.9 Å². The number of nitrogens with one attached hydrogen (secondary N) is 1. The third kappa shape index (κ3) is 4.63. The smallest absolute Gasteiger partial charge is 0.224 e. The van der Waals surface area contributed by atoms with E-state index >= 15 is 0 Å². The number of aliphatic hydroxyl groups excluding tert-OH is 1. The number of aromatic amines is 1. The summed E-state index contributed by atoms with van der Waals surface area (Å²) in [4.78, 5) is 21.3. The molecule has 1 saturated heterocycles. The molecule has 1 atom stereocenters. The average molecular weight is 462 g/mol. The number of anilines is 1. The van der Waals surface area contributed by atoms with Crippen LogP contribution >= 0.6 is 23.2 Å². The van der Waals surface area contributed by atoms with Crippen LogP contribution in [0.1, 0.15) is 19.3 Å². The molecule has 164 valence electrons. The molecule has 1 amide bonds. The number of aliphatic hydroxyl groups is 1. The Morgan fingerprint density at radius 1 is 1.39 bits per heavy atom. The van der Waals surface area contributed by atoms with Crippen molar-refractivity contribution in [1.29, 1.82) is 0 Å². The second-order valence-electron chi connectivity index (χ2n) is 7.97. The number of hydrogen-bond acceptors (Lipinski definition) is 5. The van der Waals surface area contributed by atoms with E-state index in [4.69, 9.17) is 28.2 Å². The predicted molar refractivity (Wildman–Crippen MR) is 124 cm³/mol. The summed E-state index contributed by atoms with van der Waals surface area (Å²) in [5.41, 5.74) is 2.47. The topological polar surface area (TPSA) is 85.4 Å². The molecule has 0 spiro atoms. The van der Waals surface area contributed by atoms with E-state index in [-0.39, 0.29) is 18.4 Å². The van der Waals surface area contributed by atoms with Crippen molar-refractivity contribution in [3.05, 3.63) is 40.6 Å². The minimum Gasteiger partial charge on any atom is -0.396 e. The van der Waals surface area contributed by atoms with Crippen LogP contribution in [0.15, 0.2) is 30.6 Å². The zero-order valence-corrected chi connectivity index (χ0v) is 18.8. The van der Waals surface area contributed by atoms with Gasteiger partial charge in [-0.2, -0.15) is 5.10 Å². The summed E-state index contributed by atoms with van der Waals surface area (Å²) in [6.07, 6.45) is 5.85. The van der Waals surface area contributed by atoms with Crippen molar-refractivity contribution in [2.75, 3.05) is 38.2 Å². The molecule has 2 aromatic heterocycles. The summed E-state index contributed by atoms with van der Waals surface area (Å²) in [7, 11) is 1.91. The van der Waals surface area contributed by atoms with Gasteiger partial charge >= 0.3 is 0 Å². The number of hydrogen-bond donors (Lipinski definition) is 2. The Bertz CT molecular complexity index is 1070. The lowest BCUT2D eigenvalue weighted by Gasteiger charge is -2.32. The van der Waals surface area contributed by atoms with Gasteiger partial charge in [0.2, 0.25) is 5.91 Å². The van der Waals surface area contributed by atoms with Crippen LogP contribution in [-0.2, 0) is 4.79 Å². The molecule has 2 N–H and O–H groups in total. The molecule has 0 aliphatic carbocycles. The minimum absolute atomic E-state index is 0.0990. The number of nitrogens with zero attached hydrogens (tertiary/aromatic N) is 4. The van der Waals surface area contributed by atoms with E-state index in [1.165, 1.54) is 0 Å². The van der Waals surface area contributed by atoms with E-state index in [1.807, 2.05) is 35.2 Å². The molecule has 1 aliphatic rings. The number of amides is 1. The standard InChI is InChI=1S/C22H25Cl2N5O2/c1-28(8-6-20(31)29-7-2-3-14(12-29)13-30)19-9-17(15-10-25-26-11-15)16-4-5-18(23)21(24)22(16)27-19/h4-5,9-11,14,30H,2-3,6-8,12-13H2,1H3,(H,25,26). The highest BCUT2D eigenvalue weighted by Gasteiger charge is 2.23. The van der Waals surface area contributed by atoms with Gasteiger partial charge in [-0.1, -0.05) is 29.3 Å². The Labute approximate surface area is 191 Å². The van der Waals surface area contributed by atoms with Gasteiger partial charge in [-0.3, -0.25) is 9.89 Å². The predicted octanol–water partition coefficient (Wildman–Crippen LogP) is 3.99. The summed E-state index contributed by atoms with van der Waals surface area (Å²) in [5, 5.41) is 18.0. The summed E-state index contributed by atoms with van der Waals surface area (Å²) in [5.74, 6) is 0.983. The van der Waals surface area contributed by atoms with Crippen molar-refractivity contribution in [3.8, 4) is 11.1 Å². The van der Waals surface area contributed by atoms with E-state index in [2.05, 4.69) is 10.2 Å². The third-order valence-electron chi connectivity index (χ3n) is 5.85. The van der Waals surface area contributed by atoms with Crippen molar-refractivity contribution in [3.63, 3.8) is 0 Å². The molecule has 7 nitrogen and oxygen atoms in total. The highest BCUT2D eigenvalue weighted by atomic mass is 35.5. The number of benzene rings is 1. The Morgan fingerprint density at radius 3 is 2.97 bits per heavy atom. The van der Waals surface area contributed by atoms with Crippen molar-refractivity contribution in [2.24, 2.45) is 5.92 Å². The molecule has 0 bridgehead atoms. The van der Waals surface area contributed by atoms with Crippen LogP contribution in [-0.4, -0.2) is 64.4 Å². The number of carbonyl (C=O) groups excluding carboxylic acids is 1. The number of H-pyrrole nitrogens is 1. The lowest BCUT2D eigenvalue weighted by atomic mass is 9.99.